The van der Waals surface area contributed by atoms with Crippen LogP contribution in [0.5, 0.6) is 0 Å². The second kappa shape index (κ2) is 5.98. The van der Waals surface area contributed by atoms with E-state index in [2.05, 4.69) is 48.5 Å². The molecule has 2 nitrogen and oxygen atoms in total. The van der Waals surface area contributed by atoms with Gasteiger partial charge in [0.15, 0.2) is 0 Å². The summed E-state index contributed by atoms with van der Waals surface area (Å²) in [6.07, 6.45) is 0. The van der Waals surface area contributed by atoms with Crippen molar-refractivity contribution in [3.05, 3.63) is 22.4 Å². The van der Waals surface area contributed by atoms with Crippen molar-refractivity contribution in [3.63, 3.8) is 0 Å². The minimum Gasteiger partial charge on any atom is -0.316 e. The fourth-order valence-electron chi connectivity index (χ4n) is 2.47. The number of thiophene rings is 1. The van der Waals surface area contributed by atoms with Crippen LogP contribution >= 0.6 is 11.3 Å². The van der Waals surface area contributed by atoms with Gasteiger partial charge < -0.3 is 5.32 Å². The van der Waals surface area contributed by atoms with Crippen molar-refractivity contribution in [2.75, 3.05) is 19.6 Å². The van der Waals surface area contributed by atoms with Crippen LogP contribution in [-0.2, 0) is 6.54 Å². The highest BCUT2D eigenvalue weighted by Gasteiger charge is 2.26. The van der Waals surface area contributed by atoms with E-state index >= 15 is 0 Å². The van der Waals surface area contributed by atoms with E-state index in [-0.39, 0.29) is 0 Å². The molecule has 1 aromatic rings. The van der Waals surface area contributed by atoms with E-state index in [0.29, 0.717) is 6.04 Å². The SMILES string of the molecule is CC1CNCC1CN(Cc1cccs1)C(C)C. The maximum absolute atomic E-state index is 3.50. The Bertz CT molecular complexity index is 321. The molecule has 1 aliphatic rings. The van der Waals surface area contributed by atoms with Crippen molar-refractivity contribution < 1.29 is 0 Å². The molecule has 0 saturated carbocycles. The molecule has 0 amide bonds. The van der Waals surface area contributed by atoms with E-state index in [1.807, 2.05) is 11.3 Å². The number of nitrogens with zero attached hydrogens (tertiary/aromatic N) is 1. The van der Waals surface area contributed by atoms with Gasteiger partial charge in [-0.25, -0.2) is 0 Å². The third-order valence-electron chi connectivity index (χ3n) is 3.82. The zero-order chi connectivity index (χ0) is 12.3. The summed E-state index contributed by atoms with van der Waals surface area (Å²) in [7, 11) is 0. The Morgan fingerprint density at radius 2 is 2.29 bits per heavy atom. The van der Waals surface area contributed by atoms with Crippen molar-refractivity contribution in [2.24, 2.45) is 11.8 Å². The molecule has 0 aromatic carbocycles. The number of hydrogen-bond acceptors (Lipinski definition) is 3. The Morgan fingerprint density at radius 3 is 2.82 bits per heavy atom. The third kappa shape index (κ3) is 3.54. The quantitative estimate of drug-likeness (QED) is 0.867. The molecular weight excluding hydrogens is 228 g/mol. The second-order valence-electron chi connectivity index (χ2n) is 5.50. The highest BCUT2D eigenvalue weighted by atomic mass is 32.1. The van der Waals surface area contributed by atoms with Crippen LogP contribution in [0.25, 0.3) is 0 Å². The fourth-order valence-corrected chi connectivity index (χ4v) is 3.20. The van der Waals surface area contributed by atoms with Gasteiger partial charge in [0.1, 0.15) is 0 Å². The summed E-state index contributed by atoms with van der Waals surface area (Å²) < 4.78 is 0. The molecule has 0 aliphatic carbocycles. The van der Waals surface area contributed by atoms with Crippen molar-refractivity contribution in [1.82, 2.24) is 10.2 Å². The highest BCUT2D eigenvalue weighted by Crippen LogP contribution is 2.21. The molecule has 2 heterocycles. The van der Waals surface area contributed by atoms with Crippen LogP contribution in [-0.4, -0.2) is 30.6 Å². The first-order valence-corrected chi connectivity index (χ1v) is 7.52. The molecule has 96 valence electrons. The molecule has 17 heavy (non-hydrogen) atoms. The van der Waals surface area contributed by atoms with E-state index in [0.717, 1.165) is 18.4 Å². The van der Waals surface area contributed by atoms with Gasteiger partial charge in [-0.1, -0.05) is 13.0 Å². The summed E-state index contributed by atoms with van der Waals surface area (Å²) in [5.74, 6) is 1.64. The molecule has 3 heteroatoms. The minimum absolute atomic E-state index is 0.630. The van der Waals surface area contributed by atoms with Crippen LogP contribution in [0.3, 0.4) is 0 Å². The molecule has 1 aliphatic heterocycles. The first-order valence-electron chi connectivity index (χ1n) is 6.64. The van der Waals surface area contributed by atoms with Crippen LogP contribution in [0.2, 0.25) is 0 Å². The summed E-state index contributed by atoms with van der Waals surface area (Å²) in [4.78, 5) is 4.09. The molecule has 2 atom stereocenters. The zero-order valence-electron chi connectivity index (χ0n) is 11.1. The van der Waals surface area contributed by atoms with Gasteiger partial charge in [-0.2, -0.15) is 0 Å². The normalized spacial score (nSPS) is 25.0. The minimum atomic E-state index is 0.630. The highest BCUT2D eigenvalue weighted by molar-refractivity contribution is 7.09. The van der Waals surface area contributed by atoms with Crippen LogP contribution < -0.4 is 5.32 Å². The third-order valence-corrected chi connectivity index (χ3v) is 4.68. The predicted molar refractivity (Wildman–Crippen MR) is 75.4 cm³/mol. The standard InChI is InChI=1S/C14H24N2S/c1-11(2)16(10-14-5-4-6-17-14)9-13-8-15-7-12(13)3/h4-6,11-13,15H,7-10H2,1-3H3. The van der Waals surface area contributed by atoms with E-state index in [1.165, 1.54) is 24.5 Å². The lowest BCUT2D eigenvalue weighted by atomic mass is 9.97. The predicted octanol–water partition coefficient (Wildman–Crippen LogP) is 2.81. The van der Waals surface area contributed by atoms with Gasteiger partial charge in [0.2, 0.25) is 0 Å². The first kappa shape index (κ1) is 13.1. The number of rotatable bonds is 5. The topological polar surface area (TPSA) is 15.3 Å². The van der Waals surface area contributed by atoms with E-state index in [9.17, 15) is 0 Å². The number of hydrogen-bond donors (Lipinski definition) is 1. The van der Waals surface area contributed by atoms with Crippen LogP contribution in [0.4, 0.5) is 0 Å². The summed E-state index contributed by atoms with van der Waals surface area (Å²) >= 11 is 1.87. The number of nitrogens with one attached hydrogen (secondary N) is 1. The first-order chi connectivity index (χ1) is 8.16. The lowest BCUT2D eigenvalue weighted by Gasteiger charge is -2.30. The second-order valence-corrected chi connectivity index (χ2v) is 6.53. The molecule has 2 rings (SSSR count). The monoisotopic (exact) mass is 252 g/mol. The van der Waals surface area contributed by atoms with Crippen molar-refractivity contribution >= 4 is 11.3 Å². The largest absolute Gasteiger partial charge is 0.316 e. The van der Waals surface area contributed by atoms with Gasteiger partial charge >= 0.3 is 0 Å². The Labute approximate surface area is 109 Å². The average Bonchev–Trinajstić information content (AvgIpc) is 2.90. The molecule has 1 aromatic heterocycles. The molecule has 1 saturated heterocycles. The smallest absolute Gasteiger partial charge is 0.0330 e. The van der Waals surface area contributed by atoms with Gasteiger partial charge in [-0.05, 0) is 50.2 Å². The van der Waals surface area contributed by atoms with Crippen LogP contribution in [0.15, 0.2) is 17.5 Å². The molecular formula is C14H24N2S. The molecule has 1 N–H and O–H groups in total. The lowest BCUT2D eigenvalue weighted by molar-refractivity contribution is 0.171. The summed E-state index contributed by atoms with van der Waals surface area (Å²) in [5, 5.41) is 5.68. The molecule has 0 bridgehead atoms. The van der Waals surface area contributed by atoms with Gasteiger partial charge in [-0.15, -0.1) is 11.3 Å². The van der Waals surface area contributed by atoms with Crippen LogP contribution in [0.1, 0.15) is 25.6 Å². The van der Waals surface area contributed by atoms with Crippen molar-refractivity contribution in [3.8, 4) is 0 Å². The molecule has 0 spiro atoms. The van der Waals surface area contributed by atoms with E-state index in [1.54, 1.807) is 0 Å². The van der Waals surface area contributed by atoms with E-state index < -0.39 is 0 Å². The van der Waals surface area contributed by atoms with Gasteiger partial charge in [0.25, 0.3) is 0 Å². The van der Waals surface area contributed by atoms with Crippen LogP contribution in [0, 0.1) is 11.8 Å². The van der Waals surface area contributed by atoms with Gasteiger partial charge in [-0.3, -0.25) is 4.90 Å². The molecule has 0 radical (unpaired) electrons. The Morgan fingerprint density at radius 1 is 1.47 bits per heavy atom. The molecule has 1 fully saturated rings. The maximum Gasteiger partial charge on any atom is 0.0330 e. The van der Waals surface area contributed by atoms with Crippen molar-refractivity contribution in [1.29, 1.82) is 0 Å². The van der Waals surface area contributed by atoms with Gasteiger partial charge in [0, 0.05) is 24.0 Å². The van der Waals surface area contributed by atoms with E-state index in [4.69, 9.17) is 0 Å². The fraction of sp³-hybridized carbons (Fsp3) is 0.714. The summed E-state index contributed by atoms with van der Waals surface area (Å²) in [6, 6.07) is 5.03. The Balaban J connectivity index is 1.93. The van der Waals surface area contributed by atoms with Gasteiger partial charge in [0.05, 0.1) is 0 Å². The Hall–Kier alpha value is -0.380. The summed E-state index contributed by atoms with van der Waals surface area (Å²) in [5.41, 5.74) is 0. The average molecular weight is 252 g/mol. The summed E-state index contributed by atoms with van der Waals surface area (Å²) in [6.45, 7) is 11.7. The Kier molecular flexibility index (Phi) is 4.60. The lowest BCUT2D eigenvalue weighted by Crippen LogP contribution is -2.36. The zero-order valence-corrected chi connectivity index (χ0v) is 12.0. The van der Waals surface area contributed by atoms with Crippen molar-refractivity contribution in [2.45, 2.75) is 33.4 Å². The maximum atomic E-state index is 3.50. The molecule has 2 unspecified atom stereocenters.